The van der Waals surface area contributed by atoms with Crippen LogP contribution in [0.3, 0.4) is 0 Å². The van der Waals surface area contributed by atoms with Crippen molar-refractivity contribution >= 4 is 28.6 Å². The molecule has 0 spiro atoms. The fraction of sp³-hybridized carbons (Fsp3) is 0.250. The molecular weight excluding hydrogens is 248 g/mol. The minimum Gasteiger partial charge on any atom is -0.392 e. The SMILES string of the molecule is CCN(CC(N)=S)C(=O)c1cnn2ccccc12. The van der Waals surface area contributed by atoms with Gasteiger partial charge in [0, 0.05) is 12.7 Å². The van der Waals surface area contributed by atoms with Gasteiger partial charge in [-0.1, -0.05) is 18.3 Å². The van der Waals surface area contributed by atoms with Gasteiger partial charge in [0.05, 0.1) is 28.8 Å². The number of likely N-dealkylation sites (N-methyl/N-ethyl adjacent to an activating group) is 1. The van der Waals surface area contributed by atoms with Crippen molar-refractivity contribution in [1.82, 2.24) is 14.5 Å². The zero-order chi connectivity index (χ0) is 13.1. The number of rotatable bonds is 4. The van der Waals surface area contributed by atoms with E-state index in [9.17, 15) is 4.79 Å². The first-order chi connectivity index (χ1) is 8.63. The van der Waals surface area contributed by atoms with Crippen LogP contribution in [0.25, 0.3) is 5.52 Å². The van der Waals surface area contributed by atoms with Crippen LogP contribution in [0.1, 0.15) is 17.3 Å². The Hall–Kier alpha value is -1.95. The molecule has 0 aliphatic carbocycles. The summed E-state index contributed by atoms with van der Waals surface area (Å²) in [4.78, 5) is 14.3. The zero-order valence-corrected chi connectivity index (χ0v) is 10.9. The largest absolute Gasteiger partial charge is 0.392 e. The second-order valence-electron chi connectivity index (χ2n) is 3.87. The summed E-state index contributed by atoms with van der Waals surface area (Å²) in [7, 11) is 0. The third-order valence-electron chi connectivity index (χ3n) is 2.67. The Morgan fingerprint density at radius 2 is 2.33 bits per heavy atom. The number of aromatic nitrogens is 2. The Kier molecular flexibility index (Phi) is 3.57. The van der Waals surface area contributed by atoms with Crippen LogP contribution < -0.4 is 5.73 Å². The molecule has 2 aromatic rings. The van der Waals surface area contributed by atoms with Gasteiger partial charge in [0.15, 0.2) is 0 Å². The number of nitrogens with two attached hydrogens (primary N) is 1. The molecule has 0 aliphatic heterocycles. The Morgan fingerprint density at radius 3 is 3.00 bits per heavy atom. The number of pyridine rings is 1. The van der Waals surface area contributed by atoms with Gasteiger partial charge in [-0.05, 0) is 19.1 Å². The Balaban J connectivity index is 2.35. The summed E-state index contributed by atoms with van der Waals surface area (Å²) in [6.07, 6.45) is 3.37. The standard InChI is InChI=1S/C12H14N4OS/c1-2-15(8-11(13)18)12(17)9-7-14-16-6-4-3-5-10(9)16/h3-7H,2,8H2,1H3,(H2,13,18). The van der Waals surface area contributed by atoms with Gasteiger partial charge < -0.3 is 10.6 Å². The molecule has 0 radical (unpaired) electrons. The van der Waals surface area contributed by atoms with Crippen LogP contribution >= 0.6 is 12.2 Å². The number of nitrogens with zero attached hydrogens (tertiary/aromatic N) is 3. The molecule has 18 heavy (non-hydrogen) atoms. The highest BCUT2D eigenvalue weighted by molar-refractivity contribution is 7.80. The summed E-state index contributed by atoms with van der Waals surface area (Å²) in [5, 5.41) is 4.14. The lowest BCUT2D eigenvalue weighted by atomic mass is 10.2. The predicted molar refractivity (Wildman–Crippen MR) is 73.6 cm³/mol. The lowest BCUT2D eigenvalue weighted by molar-refractivity contribution is 0.0790. The van der Waals surface area contributed by atoms with Crippen LogP contribution in [0.2, 0.25) is 0 Å². The number of carbonyl (C=O) groups excluding carboxylic acids is 1. The maximum Gasteiger partial charge on any atom is 0.258 e. The molecule has 0 saturated heterocycles. The van der Waals surface area contributed by atoms with E-state index in [2.05, 4.69) is 5.10 Å². The van der Waals surface area contributed by atoms with Crippen LogP contribution in [-0.2, 0) is 0 Å². The third-order valence-corrected chi connectivity index (χ3v) is 2.80. The average Bonchev–Trinajstić information content (AvgIpc) is 2.78. The second-order valence-corrected chi connectivity index (χ2v) is 4.40. The lowest BCUT2D eigenvalue weighted by Crippen LogP contribution is -2.37. The molecule has 0 aromatic carbocycles. The first-order valence-electron chi connectivity index (χ1n) is 5.63. The maximum absolute atomic E-state index is 12.3. The van der Waals surface area contributed by atoms with Gasteiger partial charge >= 0.3 is 0 Å². The van der Waals surface area contributed by atoms with E-state index < -0.39 is 0 Å². The van der Waals surface area contributed by atoms with Crippen molar-refractivity contribution in [2.75, 3.05) is 13.1 Å². The van der Waals surface area contributed by atoms with E-state index in [0.717, 1.165) is 5.52 Å². The number of carbonyl (C=O) groups is 1. The molecule has 2 N–H and O–H groups in total. The van der Waals surface area contributed by atoms with E-state index in [1.807, 2.05) is 25.1 Å². The first kappa shape index (κ1) is 12.5. The summed E-state index contributed by atoms with van der Waals surface area (Å²) in [5.74, 6) is -0.105. The van der Waals surface area contributed by atoms with Crippen molar-refractivity contribution in [2.24, 2.45) is 5.73 Å². The highest BCUT2D eigenvalue weighted by atomic mass is 32.1. The molecular formula is C12H14N4OS. The van der Waals surface area contributed by atoms with Gasteiger partial charge in [-0.2, -0.15) is 5.10 Å². The van der Waals surface area contributed by atoms with E-state index in [1.54, 1.807) is 21.8 Å². The summed E-state index contributed by atoms with van der Waals surface area (Å²) in [6.45, 7) is 2.73. The van der Waals surface area contributed by atoms with Crippen molar-refractivity contribution in [1.29, 1.82) is 0 Å². The van der Waals surface area contributed by atoms with Gasteiger partial charge in [0.2, 0.25) is 0 Å². The first-order valence-corrected chi connectivity index (χ1v) is 6.04. The van der Waals surface area contributed by atoms with Crippen molar-refractivity contribution in [3.8, 4) is 0 Å². The fourth-order valence-electron chi connectivity index (χ4n) is 1.78. The third kappa shape index (κ3) is 2.33. The average molecular weight is 262 g/mol. The van der Waals surface area contributed by atoms with Crippen molar-refractivity contribution in [3.63, 3.8) is 0 Å². The number of amides is 1. The molecule has 0 fully saturated rings. The van der Waals surface area contributed by atoms with Crippen LogP contribution in [0.5, 0.6) is 0 Å². The Labute approximate surface area is 110 Å². The predicted octanol–water partition coefficient (Wildman–Crippen LogP) is 1.08. The van der Waals surface area contributed by atoms with E-state index in [1.165, 1.54) is 0 Å². The van der Waals surface area contributed by atoms with Crippen LogP contribution in [0, 0.1) is 0 Å². The minimum atomic E-state index is -0.105. The molecule has 0 unspecified atom stereocenters. The number of fused-ring (bicyclic) bond motifs is 1. The smallest absolute Gasteiger partial charge is 0.258 e. The highest BCUT2D eigenvalue weighted by Gasteiger charge is 2.18. The molecule has 1 amide bonds. The lowest BCUT2D eigenvalue weighted by Gasteiger charge is -2.19. The number of hydrogen-bond acceptors (Lipinski definition) is 3. The van der Waals surface area contributed by atoms with E-state index in [0.29, 0.717) is 17.1 Å². The molecule has 6 heteroatoms. The van der Waals surface area contributed by atoms with Crippen molar-refractivity contribution < 1.29 is 4.79 Å². The molecule has 5 nitrogen and oxygen atoms in total. The van der Waals surface area contributed by atoms with E-state index in [4.69, 9.17) is 18.0 Å². The molecule has 0 aliphatic rings. The summed E-state index contributed by atoms with van der Waals surface area (Å²) in [6, 6.07) is 5.59. The minimum absolute atomic E-state index is 0.105. The molecule has 0 saturated carbocycles. The Morgan fingerprint density at radius 1 is 1.56 bits per heavy atom. The van der Waals surface area contributed by atoms with Crippen molar-refractivity contribution in [3.05, 3.63) is 36.2 Å². The quantitative estimate of drug-likeness (QED) is 0.838. The molecule has 2 rings (SSSR count). The summed E-state index contributed by atoms with van der Waals surface area (Å²) in [5.41, 5.74) is 6.83. The maximum atomic E-state index is 12.3. The van der Waals surface area contributed by atoms with E-state index in [-0.39, 0.29) is 12.5 Å². The molecule has 2 aromatic heterocycles. The molecule has 0 atom stereocenters. The molecule has 94 valence electrons. The van der Waals surface area contributed by atoms with Gasteiger partial charge in [-0.3, -0.25) is 4.79 Å². The van der Waals surface area contributed by atoms with Crippen LogP contribution in [-0.4, -0.2) is 38.5 Å². The van der Waals surface area contributed by atoms with Gasteiger partial charge in [0.1, 0.15) is 0 Å². The monoisotopic (exact) mass is 262 g/mol. The highest BCUT2D eigenvalue weighted by Crippen LogP contribution is 2.12. The zero-order valence-electron chi connectivity index (χ0n) is 10.0. The number of thiocarbonyl (C=S) groups is 1. The van der Waals surface area contributed by atoms with Gasteiger partial charge in [-0.15, -0.1) is 0 Å². The summed E-state index contributed by atoms with van der Waals surface area (Å²) >= 11 is 4.85. The van der Waals surface area contributed by atoms with Gasteiger partial charge in [0.25, 0.3) is 5.91 Å². The number of hydrogen-bond donors (Lipinski definition) is 1. The summed E-state index contributed by atoms with van der Waals surface area (Å²) < 4.78 is 1.67. The van der Waals surface area contributed by atoms with Crippen LogP contribution in [0.15, 0.2) is 30.6 Å². The van der Waals surface area contributed by atoms with E-state index >= 15 is 0 Å². The normalized spacial score (nSPS) is 10.5. The molecule has 0 bridgehead atoms. The van der Waals surface area contributed by atoms with Crippen molar-refractivity contribution in [2.45, 2.75) is 6.92 Å². The Bertz CT molecular complexity index is 593. The second kappa shape index (κ2) is 5.14. The fourth-order valence-corrected chi connectivity index (χ4v) is 1.94. The topological polar surface area (TPSA) is 63.6 Å². The molecule has 2 heterocycles. The van der Waals surface area contributed by atoms with Gasteiger partial charge in [-0.25, -0.2) is 4.52 Å². The van der Waals surface area contributed by atoms with Crippen LogP contribution in [0.4, 0.5) is 0 Å².